The van der Waals surface area contributed by atoms with Gasteiger partial charge in [-0.15, -0.1) is 0 Å². The first-order valence-electron chi connectivity index (χ1n) is 9.23. The summed E-state index contributed by atoms with van der Waals surface area (Å²) in [5, 5.41) is 2.92. The standard InChI is InChI=1S/C20H24FN3O3S/c1-15(25)16-4-5-19(18(21)13-16)23-7-9-24(10-8-23)20(26)22-6-12-28-14-17-3-2-11-27-17/h2-5,11,13H,6-10,12,14H2,1H3,(H,22,26). The van der Waals surface area contributed by atoms with E-state index in [1.807, 2.05) is 17.0 Å². The van der Waals surface area contributed by atoms with Crippen LogP contribution in [0.25, 0.3) is 0 Å². The fourth-order valence-corrected chi connectivity index (χ4v) is 3.80. The molecule has 1 fully saturated rings. The predicted molar refractivity (Wildman–Crippen MR) is 108 cm³/mol. The Kier molecular flexibility index (Phi) is 6.97. The summed E-state index contributed by atoms with van der Waals surface area (Å²) in [7, 11) is 0. The van der Waals surface area contributed by atoms with E-state index in [2.05, 4.69) is 5.32 Å². The first-order valence-corrected chi connectivity index (χ1v) is 10.4. The number of piperazine rings is 1. The van der Waals surface area contributed by atoms with Crippen molar-refractivity contribution in [1.82, 2.24) is 10.2 Å². The summed E-state index contributed by atoms with van der Waals surface area (Å²) in [6.07, 6.45) is 1.65. The summed E-state index contributed by atoms with van der Waals surface area (Å²) >= 11 is 1.70. The molecule has 1 aromatic heterocycles. The number of urea groups is 1. The molecular formula is C20H24FN3O3S. The molecule has 1 N–H and O–H groups in total. The molecule has 3 rings (SSSR count). The molecule has 1 aliphatic heterocycles. The van der Waals surface area contributed by atoms with Gasteiger partial charge < -0.3 is 19.5 Å². The molecule has 1 saturated heterocycles. The highest BCUT2D eigenvalue weighted by Crippen LogP contribution is 2.22. The molecule has 1 aliphatic rings. The van der Waals surface area contributed by atoms with Crippen LogP contribution < -0.4 is 10.2 Å². The third-order valence-corrected chi connectivity index (χ3v) is 5.59. The molecule has 0 aliphatic carbocycles. The van der Waals surface area contributed by atoms with Gasteiger partial charge in [0.25, 0.3) is 0 Å². The summed E-state index contributed by atoms with van der Waals surface area (Å²) in [6.45, 7) is 4.17. The minimum atomic E-state index is -0.404. The average molecular weight is 405 g/mol. The minimum absolute atomic E-state index is 0.0920. The molecule has 0 bridgehead atoms. The second kappa shape index (κ2) is 9.64. The topological polar surface area (TPSA) is 65.8 Å². The molecule has 0 radical (unpaired) electrons. The first-order chi connectivity index (χ1) is 13.5. The molecule has 0 spiro atoms. The highest BCUT2D eigenvalue weighted by Gasteiger charge is 2.23. The minimum Gasteiger partial charge on any atom is -0.468 e. The second-order valence-electron chi connectivity index (χ2n) is 6.56. The van der Waals surface area contributed by atoms with Gasteiger partial charge in [-0.25, -0.2) is 9.18 Å². The number of furan rings is 1. The monoisotopic (exact) mass is 405 g/mol. The molecule has 2 aromatic rings. The Balaban J connectivity index is 1.39. The highest BCUT2D eigenvalue weighted by atomic mass is 32.2. The van der Waals surface area contributed by atoms with Crippen molar-refractivity contribution >= 4 is 29.3 Å². The molecule has 6 nitrogen and oxygen atoms in total. The van der Waals surface area contributed by atoms with E-state index < -0.39 is 5.82 Å². The van der Waals surface area contributed by atoms with Gasteiger partial charge in [-0.2, -0.15) is 11.8 Å². The van der Waals surface area contributed by atoms with Gasteiger partial charge in [0, 0.05) is 44.0 Å². The van der Waals surface area contributed by atoms with Crippen LogP contribution in [0.5, 0.6) is 0 Å². The van der Waals surface area contributed by atoms with Crippen LogP contribution in [-0.4, -0.2) is 55.2 Å². The molecule has 28 heavy (non-hydrogen) atoms. The summed E-state index contributed by atoms with van der Waals surface area (Å²) in [6, 6.07) is 8.25. The van der Waals surface area contributed by atoms with Crippen LogP contribution >= 0.6 is 11.8 Å². The number of nitrogens with zero attached hydrogens (tertiary/aromatic N) is 2. The number of anilines is 1. The average Bonchev–Trinajstić information content (AvgIpc) is 3.21. The van der Waals surface area contributed by atoms with Gasteiger partial charge in [0.2, 0.25) is 0 Å². The molecule has 2 amide bonds. The van der Waals surface area contributed by atoms with E-state index in [1.54, 1.807) is 35.1 Å². The zero-order valence-electron chi connectivity index (χ0n) is 15.8. The quantitative estimate of drug-likeness (QED) is 0.565. The number of hydrogen-bond acceptors (Lipinski definition) is 5. The lowest BCUT2D eigenvalue weighted by atomic mass is 10.1. The molecule has 0 saturated carbocycles. The van der Waals surface area contributed by atoms with Crippen LogP contribution in [0.1, 0.15) is 23.0 Å². The second-order valence-corrected chi connectivity index (χ2v) is 7.67. The molecule has 2 heterocycles. The van der Waals surface area contributed by atoms with Crippen molar-refractivity contribution in [2.45, 2.75) is 12.7 Å². The SMILES string of the molecule is CC(=O)c1ccc(N2CCN(C(=O)NCCSCc3ccco3)CC2)c(F)c1. The van der Waals surface area contributed by atoms with E-state index in [1.165, 1.54) is 13.0 Å². The summed E-state index contributed by atoms with van der Waals surface area (Å²) in [5.41, 5.74) is 0.837. The van der Waals surface area contributed by atoms with Crippen LogP contribution in [-0.2, 0) is 5.75 Å². The number of carbonyl (C=O) groups is 2. The van der Waals surface area contributed by atoms with Crippen LogP contribution in [0.4, 0.5) is 14.9 Å². The van der Waals surface area contributed by atoms with Crippen molar-refractivity contribution in [3.05, 3.63) is 53.7 Å². The Hall–Kier alpha value is -2.48. The third-order valence-electron chi connectivity index (χ3n) is 4.61. The van der Waals surface area contributed by atoms with Crippen LogP contribution in [0.2, 0.25) is 0 Å². The Bertz CT molecular complexity index is 805. The maximum atomic E-state index is 14.3. The number of amides is 2. The number of ketones is 1. The number of Topliss-reactive ketones (excluding diaryl/α,β-unsaturated/α-hetero) is 1. The van der Waals surface area contributed by atoms with Gasteiger partial charge in [-0.1, -0.05) is 0 Å². The number of carbonyl (C=O) groups excluding carboxylic acids is 2. The summed E-state index contributed by atoms with van der Waals surface area (Å²) in [4.78, 5) is 27.3. The molecular weight excluding hydrogens is 381 g/mol. The predicted octanol–water partition coefficient (Wildman–Crippen LogP) is 3.39. The Morgan fingerprint density at radius 2 is 2.00 bits per heavy atom. The summed E-state index contributed by atoms with van der Waals surface area (Å²) in [5.74, 6) is 1.96. The van der Waals surface area contributed by atoms with Crippen LogP contribution in [0.15, 0.2) is 41.0 Å². The van der Waals surface area contributed by atoms with E-state index in [0.29, 0.717) is 44.0 Å². The normalized spacial score (nSPS) is 14.2. The Labute approximate surface area is 168 Å². The van der Waals surface area contributed by atoms with Gasteiger partial charge >= 0.3 is 6.03 Å². The van der Waals surface area contributed by atoms with Gasteiger partial charge in [0.15, 0.2) is 5.78 Å². The number of hydrogen-bond donors (Lipinski definition) is 1. The van der Waals surface area contributed by atoms with Gasteiger partial charge in [-0.3, -0.25) is 4.79 Å². The lowest BCUT2D eigenvalue weighted by Gasteiger charge is -2.36. The van der Waals surface area contributed by atoms with E-state index in [0.717, 1.165) is 17.3 Å². The zero-order chi connectivity index (χ0) is 19.9. The number of thioether (sulfide) groups is 1. The van der Waals surface area contributed by atoms with Crippen molar-refractivity contribution in [2.24, 2.45) is 0 Å². The lowest BCUT2D eigenvalue weighted by Crippen LogP contribution is -2.52. The maximum Gasteiger partial charge on any atom is 0.317 e. The Morgan fingerprint density at radius 1 is 1.21 bits per heavy atom. The maximum absolute atomic E-state index is 14.3. The number of benzene rings is 1. The largest absolute Gasteiger partial charge is 0.468 e. The summed E-state index contributed by atoms with van der Waals surface area (Å²) < 4.78 is 19.6. The lowest BCUT2D eigenvalue weighted by molar-refractivity contribution is 0.101. The van der Waals surface area contributed by atoms with E-state index in [-0.39, 0.29) is 11.8 Å². The molecule has 0 unspecified atom stereocenters. The van der Waals surface area contributed by atoms with E-state index in [9.17, 15) is 14.0 Å². The van der Waals surface area contributed by atoms with Crippen LogP contribution in [0, 0.1) is 5.82 Å². The molecule has 1 aromatic carbocycles. The van der Waals surface area contributed by atoms with Crippen molar-refractivity contribution in [3.8, 4) is 0 Å². The fourth-order valence-electron chi connectivity index (χ4n) is 3.04. The number of halogens is 1. The van der Waals surface area contributed by atoms with Crippen LogP contribution in [0.3, 0.4) is 0 Å². The van der Waals surface area contributed by atoms with E-state index >= 15 is 0 Å². The number of rotatable bonds is 7. The van der Waals surface area contributed by atoms with Gasteiger partial charge in [-0.05, 0) is 37.3 Å². The molecule has 150 valence electrons. The van der Waals surface area contributed by atoms with Gasteiger partial charge in [0.05, 0.1) is 17.7 Å². The van der Waals surface area contributed by atoms with Crippen molar-refractivity contribution in [1.29, 1.82) is 0 Å². The molecule has 0 atom stereocenters. The first kappa shape index (κ1) is 20.3. The smallest absolute Gasteiger partial charge is 0.317 e. The van der Waals surface area contributed by atoms with Crippen molar-refractivity contribution in [2.75, 3.05) is 43.4 Å². The third kappa shape index (κ3) is 5.28. The zero-order valence-corrected chi connectivity index (χ0v) is 16.6. The molecule has 8 heteroatoms. The highest BCUT2D eigenvalue weighted by molar-refractivity contribution is 7.98. The number of nitrogens with one attached hydrogen (secondary N) is 1. The van der Waals surface area contributed by atoms with Crippen molar-refractivity contribution in [3.63, 3.8) is 0 Å². The fraction of sp³-hybridized carbons (Fsp3) is 0.400. The van der Waals surface area contributed by atoms with E-state index in [4.69, 9.17) is 4.42 Å². The van der Waals surface area contributed by atoms with Gasteiger partial charge in [0.1, 0.15) is 11.6 Å². The Morgan fingerprint density at radius 3 is 2.64 bits per heavy atom. The van der Waals surface area contributed by atoms with Crippen molar-refractivity contribution < 1.29 is 18.4 Å².